The van der Waals surface area contributed by atoms with E-state index < -0.39 is 6.10 Å². The number of carbonyl (C=O) groups is 1. The molecule has 15 heavy (non-hydrogen) atoms. The highest BCUT2D eigenvalue weighted by Gasteiger charge is 2.21. The second-order valence-corrected chi connectivity index (χ2v) is 3.96. The van der Waals surface area contributed by atoms with Crippen molar-refractivity contribution in [2.45, 2.75) is 19.1 Å². The fraction of sp³-hybridized carbons (Fsp3) is 0.900. The topological polar surface area (TPSA) is 53.0 Å². The number of hydrogen-bond donors (Lipinski definition) is 1. The molecule has 0 saturated heterocycles. The van der Waals surface area contributed by atoms with Crippen LogP contribution in [-0.2, 0) is 9.53 Å². The Morgan fingerprint density at radius 2 is 1.93 bits per heavy atom. The standard InChI is InChI=1S/C10H22N2O3/c1-8(10(14)11(2)3)12(4)6-9(13)7-15-5/h8-9,13H,6-7H2,1-5H3. The molecule has 0 spiro atoms. The molecule has 0 aliphatic carbocycles. The van der Waals surface area contributed by atoms with E-state index in [9.17, 15) is 9.90 Å². The lowest BCUT2D eigenvalue weighted by Crippen LogP contribution is -2.46. The van der Waals surface area contributed by atoms with Gasteiger partial charge in [0.2, 0.25) is 5.91 Å². The van der Waals surface area contributed by atoms with Crippen LogP contribution in [-0.4, -0.2) is 74.4 Å². The highest BCUT2D eigenvalue weighted by Crippen LogP contribution is 2.00. The number of ether oxygens (including phenoxy) is 1. The highest BCUT2D eigenvalue weighted by atomic mass is 16.5. The van der Waals surface area contributed by atoms with E-state index in [4.69, 9.17) is 4.74 Å². The van der Waals surface area contributed by atoms with E-state index in [0.717, 1.165) is 0 Å². The second-order valence-electron chi connectivity index (χ2n) is 3.96. The Balaban J connectivity index is 4.08. The molecule has 0 aliphatic heterocycles. The Bertz CT molecular complexity index is 197. The zero-order valence-electron chi connectivity index (χ0n) is 10.2. The van der Waals surface area contributed by atoms with E-state index in [1.165, 1.54) is 7.11 Å². The molecule has 1 N–H and O–H groups in total. The third-order valence-electron chi connectivity index (χ3n) is 2.32. The summed E-state index contributed by atoms with van der Waals surface area (Å²) in [5.41, 5.74) is 0. The van der Waals surface area contributed by atoms with Gasteiger partial charge in [-0.1, -0.05) is 0 Å². The van der Waals surface area contributed by atoms with Gasteiger partial charge >= 0.3 is 0 Å². The van der Waals surface area contributed by atoms with Gasteiger partial charge in [0, 0.05) is 27.7 Å². The molecule has 0 heterocycles. The van der Waals surface area contributed by atoms with Crippen LogP contribution in [0.3, 0.4) is 0 Å². The maximum atomic E-state index is 11.6. The molecule has 0 aromatic heterocycles. The van der Waals surface area contributed by atoms with Crippen molar-refractivity contribution in [2.24, 2.45) is 0 Å². The van der Waals surface area contributed by atoms with Crippen molar-refractivity contribution >= 4 is 5.91 Å². The molecular formula is C10H22N2O3. The number of nitrogens with zero attached hydrogens (tertiary/aromatic N) is 2. The van der Waals surface area contributed by atoms with E-state index in [1.54, 1.807) is 19.0 Å². The van der Waals surface area contributed by atoms with Gasteiger partial charge in [-0.05, 0) is 14.0 Å². The second kappa shape index (κ2) is 6.76. The molecule has 5 heteroatoms. The molecule has 0 aromatic rings. The van der Waals surface area contributed by atoms with Crippen molar-refractivity contribution in [2.75, 3.05) is 41.4 Å². The van der Waals surface area contributed by atoms with Crippen LogP contribution in [0.15, 0.2) is 0 Å². The third-order valence-corrected chi connectivity index (χ3v) is 2.32. The molecule has 0 bridgehead atoms. The summed E-state index contributed by atoms with van der Waals surface area (Å²) in [4.78, 5) is 15.0. The molecule has 5 nitrogen and oxygen atoms in total. The van der Waals surface area contributed by atoms with Crippen LogP contribution < -0.4 is 0 Å². The van der Waals surface area contributed by atoms with Crippen LogP contribution >= 0.6 is 0 Å². The predicted molar refractivity (Wildman–Crippen MR) is 58.7 cm³/mol. The largest absolute Gasteiger partial charge is 0.389 e. The fourth-order valence-electron chi connectivity index (χ4n) is 1.30. The first kappa shape index (κ1) is 14.3. The lowest BCUT2D eigenvalue weighted by Gasteiger charge is -2.27. The van der Waals surface area contributed by atoms with Gasteiger partial charge in [-0.15, -0.1) is 0 Å². The average molecular weight is 218 g/mol. The molecule has 0 radical (unpaired) electrons. The van der Waals surface area contributed by atoms with E-state index >= 15 is 0 Å². The Kier molecular flexibility index (Phi) is 6.47. The van der Waals surface area contributed by atoms with Crippen LogP contribution in [0.5, 0.6) is 0 Å². The van der Waals surface area contributed by atoms with Crippen molar-refractivity contribution in [3.63, 3.8) is 0 Å². The van der Waals surface area contributed by atoms with Crippen LogP contribution in [0.2, 0.25) is 0 Å². The summed E-state index contributed by atoms with van der Waals surface area (Å²) in [5.74, 6) is 0.0297. The Hall–Kier alpha value is -0.650. The number of rotatable bonds is 6. The quantitative estimate of drug-likeness (QED) is 0.647. The van der Waals surface area contributed by atoms with Gasteiger partial charge in [0.1, 0.15) is 0 Å². The zero-order valence-corrected chi connectivity index (χ0v) is 10.2. The first-order valence-electron chi connectivity index (χ1n) is 4.98. The highest BCUT2D eigenvalue weighted by molar-refractivity contribution is 5.80. The molecule has 2 atom stereocenters. The van der Waals surface area contributed by atoms with E-state index in [1.807, 2.05) is 18.9 Å². The predicted octanol–water partition coefficient (Wildman–Crippen LogP) is -0.598. The third kappa shape index (κ3) is 5.11. The number of aliphatic hydroxyl groups excluding tert-OH is 1. The van der Waals surface area contributed by atoms with Crippen molar-refractivity contribution in [1.29, 1.82) is 0 Å². The van der Waals surface area contributed by atoms with Crippen molar-refractivity contribution < 1.29 is 14.6 Å². The van der Waals surface area contributed by atoms with Crippen LogP contribution in [0.25, 0.3) is 0 Å². The molecule has 0 fully saturated rings. The van der Waals surface area contributed by atoms with Gasteiger partial charge in [-0.2, -0.15) is 0 Å². The minimum Gasteiger partial charge on any atom is -0.389 e. The summed E-state index contributed by atoms with van der Waals surface area (Å²) >= 11 is 0. The maximum Gasteiger partial charge on any atom is 0.239 e. The summed E-state index contributed by atoms with van der Waals surface area (Å²) in [7, 11) is 6.79. The molecule has 90 valence electrons. The monoisotopic (exact) mass is 218 g/mol. The molecule has 1 amide bonds. The average Bonchev–Trinajstić information content (AvgIpc) is 2.15. The van der Waals surface area contributed by atoms with Crippen LogP contribution in [0, 0.1) is 0 Å². The summed E-state index contributed by atoms with van der Waals surface area (Å²) < 4.78 is 4.82. The van der Waals surface area contributed by atoms with Crippen molar-refractivity contribution in [3.8, 4) is 0 Å². The minimum absolute atomic E-state index is 0.0297. The Morgan fingerprint density at radius 1 is 1.40 bits per heavy atom. The van der Waals surface area contributed by atoms with Gasteiger partial charge < -0.3 is 14.7 Å². The van der Waals surface area contributed by atoms with E-state index in [-0.39, 0.29) is 18.6 Å². The molecule has 2 unspecified atom stereocenters. The first-order valence-corrected chi connectivity index (χ1v) is 4.98. The van der Waals surface area contributed by atoms with Crippen molar-refractivity contribution in [3.05, 3.63) is 0 Å². The summed E-state index contributed by atoms with van der Waals surface area (Å²) in [5, 5.41) is 9.50. The lowest BCUT2D eigenvalue weighted by molar-refractivity contribution is -0.133. The van der Waals surface area contributed by atoms with Gasteiger partial charge in [0.15, 0.2) is 0 Å². The number of hydrogen-bond acceptors (Lipinski definition) is 4. The number of amides is 1. The van der Waals surface area contributed by atoms with Gasteiger partial charge in [0.25, 0.3) is 0 Å². The number of methoxy groups -OCH3 is 1. The molecular weight excluding hydrogens is 196 g/mol. The first-order chi connectivity index (χ1) is 6.90. The molecule has 0 saturated carbocycles. The number of likely N-dealkylation sites (N-methyl/N-ethyl adjacent to an activating group) is 2. The molecule has 0 aromatic carbocycles. The summed E-state index contributed by atoms with van der Waals surface area (Å²) in [6.45, 7) is 2.53. The van der Waals surface area contributed by atoms with Gasteiger partial charge in [-0.3, -0.25) is 9.69 Å². The zero-order chi connectivity index (χ0) is 12.0. The number of carbonyl (C=O) groups excluding carboxylic acids is 1. The molecule has 0 aliphatic rings. The van der Waals surface area contributed by atoms with Gasteiger partial charge in [0.05, 0.1) is 18.8 Å². The Labute approximate surface area is 91.6 Å². The normalized spacial score (nSPS) is 15.1. The van der Waals surface area contributed by atoms with Crippen LogP contribution in [0.4, 0.5) is 0 Å². The lowest BCUT2D eigenvalue weighted by atomic mass is 10.2. The number of aliphatic hydroxyl groups is 1. The molecule has 0 rings (SSSR count). The summed E-state index contributed by atoms with van der Waals surface area (Å²) in [6, 6.07) is -0.230. The SMILES string of the molecule is COCC(O)CN(C)C(C)C(=O)N(C)C. The van der Waals surface area contributed by atoms with Crippen LogP contribution in [0.1, 0.15) is 6.92 Å². The Morgan fingerprint density at radius 3 is 2.33 bits per heavy atom. The smallest absolute Gasteiger partial charge is 0.239 e. The van der Waals surface area contributed by atoms with Crippen molar-refractivity contribution in [1.82, 2.24) is 9.80 Å². The van der Waals surface area contributed by atoms with E-state index in [2.05, 4.69) is 0 Å². The fourth-order valence-corrected chi connectivity index (χ4v) is 1.30. The minimum atomic E-state index is -0.558. The van der Waals surface area contributed by atoms with E-state index in [0.29, 0.717) is 6.54 Å². The maximum absolute atomic E-state index is 11.6. The van der Waals surface area contributed by atoms with Gasteiger partial charge in [-0.25, -0.2) is 0 Å². The summed E-state index contributed by atoms with van der Waals surface area (Å²) in [6.07, 6.45) is -0.558.